The normalized spacial score (nSPS) is 6.94. The van der Waals surface area contributed by atoms with Crippen LogP contribution in [-0.2, 0) is 26.4 Å². The van der Waals surface area contributed by atoms with Crippen molar-refractivity contribution < 1.29 is 39.5 Å². The van der Waals surface area contributed by atoms with Crippen molar-refractivity contribution in [1.29, 1.82) is 0 Å². The molecule has 1 rings (SSSR count). The molecule has 0 bridgehead atoms. The average molecular weight is 272 g/mol. The number of hydrogen-bond acceptors (Lipinski definition) is 0. The van der Waals surface area contributed by atoms with Gasteiger partial charge in [0.05, 0.1) is 0 Å². The first-order valence-corrected chi connectivity index (χ1v) is 3.26. The van der Waals surface area contributed by atoms with Gasteiger partial charge in [0.1, 0.15) is 0 Å². The van der Waals surface area contributed by atoms with Crippen LogP contribution in [0.5, 0.6) is 0 Å². The van der Waals surface area contributed by atoms with Gasteiger partial charge in [-0.3, -0.25) is 0 Å². The molecule has 0 atom stereocenters. The molecule has 0 aliphatic rings. The predicted octanol–water partition coefficient (Wildman–Crippen LogP) is 2.87. The van der Waals surface area contributed by atoms with Gasteiger partial charge in [-0.15, -0.1) is 0 Å². The fraction of sp³-hybridized carbons (Fsp3) is 0.100. The van der Waals surface area contributed by atoms with Crippen molar-refractivity contribution in [2.24, 2.45) is 0 Å². The van der Waals surface area contributed by atoms with Crippen LogP contribution in [0, 0.1) is 19.9 Å². The molecule has 0 aromatic heterocycles. The Morgan fingerprint density at radius 1 is 1.06 bits per heavy atom. The van der Waals surface area contributed by atoms with E-state index in [1.54, 1.807) is 0 Å². The maximum absolute atomic E-state index is 10.6. The SMILES string of the molecule is [C-]#[O+].[C-]#[O+].[CH-]=CC(F)(F)F.[Fe+6].c1cc[cH-]c1. The van der Waals surface area contributed by atoms with E-state index in [1.165, 1.54) is 0 Å². The first-order chi connectivity index (χ1) is 7.06. The molecule has 0 unspecified atom stereocenters. The van der Waals surface area contributed by atoms with Crippen molar-refractivity contribution in [3.63, 3.8) is 0 Å². The smallest absolute Gasteiger partial charge is 0.509 e. The Morgan fingerprint density at radius 3 is 1.38 bits per heavy atom. The quantitative estimate of drug-likeness (QED) is 0.396. The van der Waals surface area contributed by atoms with Crippen molar-refractivity contribution in [2.75, 3.05) is 0 Å². The molecule has 0 saturated carbocycles. The van der Waals surface area contributed by atoms with Crippen LogP contribution >= 0.6 is 0 Å². The van der Waals surface area contributed by atoms with Crippen LogP contribution in [0.4, 0.5) is 13.2 Å². The topological polar surface area (TPSA) is 39.8 Å². The maximum atomic E-state index is 10.6. The predicted molar refractivity (Wildman–Crippen MR) is 44.8 cm³/mol. The summed E-state index contributed by atoms with van der Waals surface area (Å²) < 4.78 is 46.8. The summed E-state index contributed by atoms with van der Waals surface area (Å²) >= 11 is 0. The first kappa shape index (κ1) is 24.2. The molecule has 1 aromatic rings. The zero-order valence-corrected chi connectivity index (χ0v) is 8.95. The van der Waals surface area contributed by atoms with E-state index in [1.807, 2.05) is 30.3 Å². The van der Waals surface area contributed by atoms with Gasteiger partial charge >= 0.3 is 45.9 Å². The van der Waals surface area contributed by atoms with Gasteiger partial charge in [-0.1, -0.05) is 0 Å². The zero-order chi connectivity index (χ0) is 12.7. The summed E-state index contributed by atoms with van der Waals surface area (Å²) in [4.78, 5) is 0. The molecule has 0 heterocycles. The minimum absolute atomic E-state index is 0. The van der Waals surface area contributed by atoms with Crippen LogP contribution in [0.1, 0.15) is 0 Å². The zero-order valence-electron chi connectivity index (χ0n) is 7.85. The number of rotatable bonds is 0. The molecule has 0 amide bonds. The van der Waals surface area contributed by atoms with Crippen LogP contribution in [0.25, 0.3) is 0 Å². The molecule has 0 fully saturated rings. The van der Waals surface area contributed by atoms with Crippen molar-refractivity contribution in [3.8, 4) is 0 Å². The minimum Gasteiger partial charge on any atom is -0.509 e. The third kappa shape index (κ3) is 38.4. The summed E-state index contributed by atoms with van der Waals surface area (Å²) in [5.74, 6) is 0. The van der Waals surface area contributed by atoms with Crippen molar-refractivity contribution in [2.45, 2.75) is 6.18 Å². The molecule has 0 spiro atoms. The molecule has 0 radical (unpaired) electrons. The van der Waals surface area contributed by atoms with E-state index in [2.05, 4.69) is 19.9 Å². The third-order valence-electron chi connectivity index (χ3n) is 0.745. The van der Waals surface area contributed by atoms with Gasteiger partial charge in [-0.2, -0.15) is 37.4 Å². The summed E-state index contributed by atoms with van der Waals surface area (Å²) in [6.45, 7) is 13.1. The number of halogens is 3. The minimum atomic E-state index is -4.31. The van der Waals surface area contributed by atoms with Crippen LogP contribution in [-0.4, -0.2) is 6.18 Å². The first-order valence-electron chi connectivity index (χ1n) is 3.26. The fourth-order valence-electron chi connectivity index (χ4n) is 0.321. The number of alkyl halides is 3. The molecular weight excluding hydrogens is 265 g/mol. The van der Waals surface area contributed by atoms with Crippen LogP contribution < -0.4 is 0 Å². The number of hydrogen-bond donors (Lipinski definition) is 0. The van der Waals surface area contributed by atoms with Gasteiger partial charge in [0, 0.05) is 0 Å². The van der Waals surface area contributed by atoms with Crippen LogP contribution in [0.3, 0.4) is 0 Å². The Labute approximate surface area is 102 Å². The van der Waals surface area contributed by atoms with Crippen LogP contribution in [0.15, 0.2) is 36.4 Å². The Kier molecular flexibility index (Phi) is 29.4. The van der Waals surface area contributed by atoms with Gasteiger partial charge < -0.3 is 6.58 Å². The van der Waals surface area contributed by atoms with Crippen molar-refractivity contribution in [3.05, 3.63) is 56.3 Å². The average Bonchev–Trinajstić information content (AvgIpc) is 2.81. The van der Waals surface area contributed by atoms with Gasteiger partial charge in [0.15, 0.2) is 0 Å². The molecular formula is C10H7F3FeO2+4. The van der Waals surface area contributed by atoms with Crippen LogP contribution in [0.2, 0.25) is 0 Å². The van der Waals surface area contributed by atoms with E-state index in [9.17, 15) is 13.2 Å². The van der Waals surface area contributed by atoms with Gasteiger partial charge in [-0.05, 0) is 0 Å². The Morgan fingerprint density at radius 2 is 1.31 bits per heavy atom. The van der Waals surface area contributed by atoms with Gasteiger partial charge in [0.25, 0.3) is 0 Å². The molecule has 84 valence electrons. The van der Waals surface area contributed by atoms with E-state index in [-0.39, 0.29) is 23.1 Å². The Bertz CT molecular complexity index is 227. The molecule has 16 heavy (non-hydrogen) atoms. The molecule has 0 aliphatic heterocycles. The summed E-state index contributed by atoms with van der Waals surface area (Å²) in [5.41, 5.74) is 0. The standard InChI is InChI=1S/C5H5.C3H2F3.2CO.Fe/c1-2-4-5-3-1;1-2-3(4,5)6;2*1-2;/h1-5H;1-2H;;;/q2*-1;;;+6. The van der Waals surface area contributed by atoms with Gasteiger partial charge in [0.2, 0.25) is 0 Å². The van der Waals surface area contributed by atoms with E-state index >= 15 is 0 Å². The third-order valence-corrected chi connectivity index (χ3v) is 0.745. The maximum Gasteiger partial charge on any atom is 6.00 e. The molecule has 6 heteroatoms. The fourth-order valence-corrected chi connectivity index (χ4v) is 0.321. The summed E-state index contributed by atoms with van der Waals surface area (Å²) in [6, 6.07) is 10.0. The molecule has 0 aliphatic carbocycles. The Hall–Kier alpha value is -1.12. The van der Waals surface area contributed by atoms with E-state index < -0.39 is 6.18 Å². The second-order valence-corrected chi connectivity index (χ2v) is 1.67. The summed E-state index contributed by atoms with van der Waals surface area (Å²) in [7, 11) is 0. The second-order valence-electron chi connectivity index (χ2n) is 1.67. The molecule has 2 nitrogen and oxygen atoms in total. The monoisotopic (exact) mass is 272 g/mol. The van der Waals surface area contributed by atoms with E-state index in [0.29, 0.717) is 0 Å². The Balaban J connectivity index is -0.0000000658. The van der Waals surface area contributed by atoms with E-state index in [0.717, 1.165) is 0 Å². The second kappa shape index (κ2) is 19.5. The molecule has 0 saturated heterocycles. The van der Waals surface area contributed by atoms with Crippen molar-refractivity contribution in [1.82, 2.24) is 0 Å². The van der Waals surface area contributed by atoms with Gasteiger partial charge in [-0.25, -0.2) is 12.1 Å². The largest absolute Gasteiger partial charge is 6.00 e. The molecule has 0 N–H and O–H groups in total. The summed E-state index contributed by atoms with van der Waals surface area (Å²) in [5, 5.41) is 0. The van der Waals surface area contributed by atoms with E-state index in [4.69, 9.17) is 9.30 Å². The number of allylic oxidation sites excluding steroid dienone is 1. The summed E-state index contributed by atoms with van der Waals surface area (Å²) in [6.07, 6.45) is -4.62. The van der Waals surface area contributed by atoms with Crippen molar-refractivity contribution >= 4 is 0 Å². The molecule has 1 aromatic carbocycles.